The van der Waals surface area contributed by atoms with Crippen molar-refractivity contribution < 1.29 is 17.9 Å². The van der Waals surface area contributed by atoms with Crippen molar-refractivity contribution >= 4 is 49.7 Å². The van der Waals surface area contributed by atoms with Crippen molar-refractivity contribution in [2.45, 2.75) is 26.3 Å². The minimum absolute atomic E-state index is 0.245. The molecule has 0 bridgehead atoms. The topological polar surface area (TPSA) is 101 Å². The van der Waals surface area contributed by atoms with Gasteiger partial charge in [-0.25, -0.2) is 8.42 Å². The van der Waals surface area contributed by atoms with Gasteiger partial charge in [0.25, 0.3) is 0 Å². The third-order valence-electron chi connectivity index (χ3n) is 4.73. The Morgan fingerprint density at radius 1 is 1.22 bits per heavy atom. The summed E-state index contributed by atoms with van der Waals surface area (Å²) in [6.45, 7) is 3.55. The number of benzene rings is 2. The van der Waals surface area contributed by atoms with Crippen LogP contribution in [0.3, 0.4) is 0 Å². The molecule has 1 atom stereocenters. The molecule has 1 aromatic heterocycles. The van der Waals surface area contributed by atoms with E-state index in [1.165, 1.54) is 11.3 Å². The maximum Gasteiger partial charge on any atom is 0.250 e. The first-order valence-corrected chi connectivity index (χ1v) is 12.7. The number of aryl methyl sites for hydroxylation is 1. The van der Waals surface area contributed by atoms with Crippen LogP contribution < -0.4 is 14.4 Å². The van der Waals surface area contributed by atoms with Crippen LogP contribution in [0.4, 0.5) is 10.8 Å². The first-order valence-electron chi connectivity index (χ1n) is 9.68. The summed E-state index contributed by atoms with van der Waals surface area (Å²) in [4.78, 5) is 13.1. The lowest BCUT2D eigenvalue weighted by Crippen LogP contribution is -2.47. The van der Waals surface area contributed by atoms with Crippen LogP contribution in [0.1, 0.15) is 18.9 Å². The van der Waals surface area contributed by atoms with E-state index in [2.05, 4.69) is 15.5 Å². The number of nitrogens with zero attached hydrogens (tertiary/aromatic N) is 3. The average molecular weight is 495 g/mol. The van der Waals surface area contributed by atoms with Crippen LogP contribution in [-0.4, -0.2) is 43.9 Å². The third kappa shape index (κ3) is 5.37. The molecule has 0 aliphatic heterocycles. The fourth-order valence-electron chi connectivity index (χ4n) is 3.09. The van der Waals surface area contributed by atoms with E-state index >= 15 is 0 Å². The van der Waals surface area contributed by atoms with E-state index < -0.39 is 22.0 Å². The van der Waals surface area contributed by atoms with Gasteiger partial charge in [-0.1, -0.05) is 35.9 Å². The van der Waals surface area contributed by atoms with Crippen molar-refractivity contribution in [2.24, 2.45) is 0 Å². The highest BCUT2D eigenvalue weighted by Crippen LogP contribution is 2.30. The summed E-state index contributed by atoms with van der Waals surface area (Å²) >= 11 is 7.39. The Morgan fingerprint density at radius 3 is 2.47 bits per heavy atom. The molecule has 0 aliphatic carbocycles. The van der Waals surface area contributed by atoms with Crippen molar-refractivity contribution in [3.8, 4) is 16.3 Å². The Balaban J connectivity index is 1.85. The summed E-state index contributed by atoms with van der Waals surface area (Å²) in [7, 11) is -2.19. The number of nitrogens with one attached hydrogen (secondary N) is 1. The van der Waals surface area contributed by atoms with Gasteiger partial charge >= 0.3 is 0 Å². The predicted octanol–water partition coefficient (Wildman–Crippen LogP) is 4.36. The van der Waals surface area contributed by atoms with E-state index in [1.54, 1.807) is 44.4 Å². The second kappa shape index (κ2) is 9.85. The molecule has 11 heteroatoms. The second-order valence-corrected chi connectivity index (χ2v) is 10.3. The molecule has 1 heterocycles. The smallest absolute Gasteiger partial charge is 0.250 e. The molecule has 0 saturated carbocycles. The molecule has 1 unspecified atom stereocenters. The quantitative estimate of drug-likeness (QED) is 0.499. The molecule has 0 fully saturated rings. The lowest BCUT2D eigenvalue weighted by molar-refractivity contribution is -0.117. The van der Waals surface area contributed by atoms with Gasteiger partial charge in [0.2, 0.25) is 21.1 Å². The fourth-order valence-corrected chi connectivity index (χ4v) is 5.22. The predicted molar refractivity (Wildman–Crippen MR) is 128 cm³/mol. The standard InChI is InChI=1S/C21H23ClN4O4S2/c1-5-18(26(32(4,28)29)15-9-6-13(2)17(22)12-15)19(27)23-21-25-24-20(31-21)14-7-10-16(30-3)11-8-14/h6-12,18H,5H2,1-4H3,(H,23,25,27). The number of carbonyl (C=O) groups is 1. The molecule has 32 heavy (non-hydrogen) atoms. The zero-order valence-corrected chi connectivity index (χ0v) is 20.4. The maximum atomic E-state index is 13.1. The van der Waals surface area contributed by atoms with Crippen molar-refractivity contribution in [1.29, 1.82) is 0 Å². The molecule has 0 saturated heterocycles. The minimum atomic E-state index is -3.77. The normalized spacial score (nSPS) is 12.3. The zero-order chi connectivity index (χ0) is 23.5. The number of carbonyl (C=O) groups excluding carboxylic acids is 1. The van der Waals surface area contributed by atoms with Gasteiger partial charge in [-0.05, 0) is 55.3 Å². The third-order valence-corrected chi connectivity index (χ3v) is 7.21. The largest absolute Gasteiger partial charge is 0.497 e. The van der Waals surface area contributed by atoms with Gasteiger partial charge in [0.05, 0.1) is 19.1 Å². The summed E-state index contributed by atoms with van der Waals surface area (Å²) in [6, 6.07) is 11.2. The Morgan fingerprint density at radius 2 is 1.91 bits per heavy atom. The number of methoxy groups -OCH3 is 1. The van der Waals surface area contributed by atoms with E-state index in [9.17, 15) is 13.2 Å². The monoisotopic (exact) mass is 494 g/mol. The summed E-state index contributed by atoms with van der Waals surface area (Å²) in [6.07, 6.45) is 1.30. The number of halogens is 1. The number of aromatic nitrogens is 2. The lowest BCUT2D eigenvalue weighted by Gasteiger charge is -2.30. The van der Waals surface area contributed by atoms with Gasteiger partial charge in [0.1, 0.15) is 16.8 Å². The molecular formula is C21H23ClN4O4S2. The highest BCUT2D eigenvalue weighted by Gasteiger charge is 2.32. The Labute approximate surface area is 196 Å². The molecule has 0 radical (unpaired) electrons. The van der Waals surface area contributed by atoms with Crippen LogP contribution in [0.25, 0.3) is 10.6 Å². The first-order chi connectivity index (χ1) is 15.1. The van der Waals surface area contributed by atoms with Gasteiger partial charge in [-0.2, -0.15) is 0 Å². The van der Waals surface area contributed by atoms with E-state index in [4.69, 9.17) is 16.3 Å². The number of hydrogen-bond donors (Lipinski definition) is 1. The van der Waals surface area contributed by atoms with Gasteiger partial charge in [-0.3, -0.25) is 14.4 Å². The Kier molecular flexibility index (Phi) is 7.37. The molecule has 3 aromatic rings. The highest BCUT2D eigenvalue weighted by molar-refractivity contribution is 7.92. The number of amides is 1. The summed E-state index contributed by atoms with van der Waals surface area (Å²) in [5, 5.41) is 12.1. The van der Waals surface area contributed by atoms with Crippen LogP contribution in [0.5, 0.6) is 5.75 Å². The number of hydrogen-bond acceptors (Lipinski definition) is 7. The van der Waals surface area contributed by atoms with Crippen LogP contribution in [0.15, 0.2) is 42.5 Å². The van der Waals surface area contributed by atoms with Crippen molar-refractivity contribution in [3.05, 3.63) is 53.1 Å². The molecule has 170 valence electrons. The Hall–Kier alpha value is -2.69. The summed E-state index contributed by atoms with van der Waals surface area (Å²) in [5.41, 5.74) is 1.95. The van der Waals surface area contributed by atoms with E-state index in [-0.39, 0.29) is 11.6 Å². The summed E-state index contributed by atoms with van der Waals surface area (Å²) in [5.74, 6) is 0.210. The van der Waals surface area contributed by atoms with Gasteiger partial charge < -0.3 is 4.74 Å². The van der Waals surface area contributed by atoms with Crippen molar-refractivity contribution in [3.63, 3.8) is 0 Å². The van der Waals surface area contributed by atoms with Crippen LogP contribution >= 0.6 is 22.9 Å². The molecular weight excluding hydrogens is 472 g/mol. The zero-order valence-electron chi connectivity index (χ0n) is 18.0. The molecule has 3 rings (SSSR count). The van der Waals surface area contributed by atoms with E-state index in [0.29, 0.717) is 15.7 Å². The first kappa shape index (κ1) is 24.0. The van der Waals surface area contributed by atoms with Crippen molar-refractivity contribution in [2.75, 3.05) is 23.0 Å². The number of anilines is 2. The number of sulfonamides is 1. The SMILES string of the molecule is CCC(C(=O)Nc1nnc(-c2ccc(OC)cc2)s1)N(c1ccc(C)c(Cl)c1)S(C)(=O)=O. The van der Waals surface area contributed by atoms with Crippen LogP contribution in [0, 0.1) is 6.92 Å². The number of rotatable bonds is 8. The second-order valence-electron chi connectivity index (χ2n) is 7.05. The van der Waals surface area contributed by atoms with E-state index in [1.807, 2.05) is 19.1 Å². The van der Waals surface area contributed by atoms with Gasteiger partial charge in [0.15, 0.2) is 0 Å². The molecule has 1 amide bonds. The highest BCUT2D eigenvalue weighted by atomic mass is 35.5. The molecule has 1 N–H and O–H groups in total. The molecule has 8 nitrogen and oxygen atoms in total. The number of ether oxygens (including phenoxy) is 1. The average Bonchev–Trinajstić information content (AvgIpc) is 3.21. The van der Waals surface area contributed by atoms with Crippen molar-refractivity contribution in [1.82, 2.24) is 10.2 Å². The minimum Gasteiger partial charge on any atom is -0.497 e. The molecule has 2 aromatic carbocycles. The fraction of sp³-hybridized carbons (Fsp3) is 0.286. The van der Waals surface area contributed by atoms with Gasteiger partial charge in [0, 0.05) is 10.6 Å². The van der Waals surface area contributed by atoms with E-state index in [0.717, 1.165) is 27.4 Å². The molecule has 0 aliphatic rings. The lowest BCUT2D eigenvalue weighted by atomic mass is 10.1. The van der Waals surface area contributed by atoms with Gasteiger partial charge in [-0.15, -0.1) is 10.2 Å². The van der Waals surface area contributed by atoms with Crippen LogP contribution in [-0.2, 0) is 14.8 Å². The Bertz CT molecular complexity index is 1210. The maximum absolute atomic E-state index is 13.1. The summed E-state index contributed by atoms with van der Waals surface area (Å²) < 4.78 is 31.4. The van der Waals surface area contributed by atoms with Crippen LogP contribution in [0.2, 0.25) is 5.02 Å². The molecule has 0 spiro atoms.